The predicted molar refractivity (Wildman–Crippen MR) is 266 cm³/mol. The van der Waals surface area contributed by atoms with Crippen molar-refractivity contribution in [1.29, 1.82) is 0 Å². The monoisotopic (exact) mass is 822 g/mol. The maximum absolute atomic E-state index is 6.68. The van der Waals surface area contributed by atoms with Gasteiger partial charge in [0.05, 0.1) is 0 Å². The van der Waals surface area contributed by atoms with E-state index in [0.717, 1.165) is 45.3 Å². The van der Waals surface area contributed by atoms with E-state index < -0.39 is 0 Å². The van der Waals surface area contributed by atoms with Crippen molar-refractivity contribution in [1.82, 2.24) is 0 Å². The first kappa shape index (κ1) is 38.0. The Kier molecular flexibility index (Phi) is 8.58. The molecule has 0 fully saturated rings. The lowest BCUT2D eigenvalue weighted by atomic mass is 9.75. The summed E-state index contributed by atoms with van der Waals surface area (Å²) in [7, 11) is 0. The van der Waals surface area contributed by atoms with E-state index in [1.54, 1.807) is 0 Å². The van der Waals surface area contributed by atoms with Crippen molar-refractivity contribution in [2.75, 3.05) is 0 Å². The van der Waals surface area contributed by atoms with Crippen LogP contribution in [0, 0.1) is 0 Å². The second kappa shape index (κ2) is 14.4. The highest BCUT2D eigenvalue weighted by atomic mass is 16.5. The van der Waals surface area contributed by atoms with Crippen molar-refractivity contribution in [2.24, 2.45) is 0 Å². The van der Waals surface area contributed by atoms with Gasteiger partial charge >= 0.3 is 0 Å². The van der Waals surface area contributed by atoms with Crippen molar-refractivity contribution < 1.29 is 9.47 Å². The molecule has 0 N–H and O–H groups in total. The van der Waals surface area contributed by atoms with E-state index in [9.17, 15) is 0 Å². The van der Waals surface area contributed by atoms with Crippen LogP contribution in [0.3, 0.4) is 0 Å². The van der Waals surface area contributed by atoms with Crippen LogP contribution in [0.5, 0.6) is 23.0 Å². The van der Waals surface area contributed by atoms with Gasteiger partial charge in [0.25, 0.3) is 0 Å². The lowest BCUT2D eigenvalue weighted by Crippen LogP contribution is -2.24. The summed E-state index contributed by atoms with van der Waals surface area (Å²) >= 11 is 0. The molecule has 10 aromatic rings. The minimum atomic E-state index is -0.176. The van der Waals surface area contributed by atoms with Gasteiger partial charge in [-0.1, -0.05) is 216 Å². The SMILES string of the molecule is CC1(C)c2ccccc2Oc2c(-c3ccc(-c4cccc5c(-c6ccccc6)c6cccc(-c7ccc(-c8cccc9c8Oc8ccccc8C9(C)C)cc7)c6cc45)cc3)cccc21. The Hall–Kier alpha value is -7.68. The second-order valence-electron chi connectivity index (χ2n) is 18.4. The standard InChI is InChI=1S/C62H46O2/c1-61(2)52-24-8-10-28-56(52)63-59-46(20-14-26-54(59)61)41-34-30-39(31-35-41)44-18-12-22-48-50(44)38-51-45(19-13-23-49(51)58(48)43-16-6-5-7-17-43)40-32-36-42(37-33-40)47-21-15-27-55-60(47)64-57-29-11-9-25-53(57)62(55,3)4/h5-38H,1-4H3. The van der Waals surface area contributed by atoms with Crippen molar-refractivity contribution in [3.8, 4) is 78.6 Å². The van der Waals surface area contributed by atoms with Gasteiger partial charge in [-0.3, -0.25) is 0 Å². The van der Waals surface area contributed by atoms with Crippen molar-refractivity contribution in [2.45, 2.75) is 38.5 Å². The molecule has 0 saturated heterocycles. The Balaban J connectivity index is 0.969. The van der Waals surface area contributed by atoms with Gasteiger partial charge in [-0.05, 0) is 84.3 Å². The maximum atomic E-state index is 6.68. The van der Waals surface area contributed by atoms with Crippen LogP contribution in [0.2, 0.25) is 0 Å². The fourth-order valence-electron chi connectivity index (χ4n) is 10.6. The van der Waals surface area contributed by atoms with Crippen LogP contribution in [0.4, 0.5) is 0 Å². The first-order valence-corrected chi connectivity index (χ1v) is 22.3. The molecular formula is C62H46O2. The molecule has 0 atom stereocenters. The van der Waals surface area contributed by atoms with Crippen molar-refractivity contribution >= 4 is 21.5 Å². The zero-order chi connectivity index (χ0) is 43.2. The molecule has 2 heterocycles. The average molecular weight is 823 g/mol. The average Bonchev–Trinajstić information content (AvgIpc) is 3.33. The molecule has 2 aliphatic rings. The van der Waals surface area contributed by atoms with E-state index in [0.29, 0.717) is 0 Å². The molecule has 0 bridgehead atoms. The molecule has 64 heavy (non-hydrogen) atoms. The largest absolute Gasteiger partial charge is 0.456 e. The number of hydrogen-bond acceptors (Lipinski definition) is 2. The molecule has 0 amide bonds. The number of hydrogen-bond donors (Lipinski definition) is 0. The van der Waals surface area contributed by atoms with E-state index in [4.69, 9.17) is 9.47 Å². The van der Waals surface area contributed by atoms with Gasteiger partial charge in [-0.2, -0.15) is 0 Å². The smallest absolute Gasteiger partial charge is 0.139 e. The van der Waals surface area contributed by atoms with E-state index in [1.165, 1.54) is 77.2 Å². The summed E-state index contributed by atoms with van der Waals surface area (Å²) in [5.74, 6) is 3.73. The number of benzene rings is 10. The maximum Gasteiger partial charge on any atom is 0.139 e. The van der Waals surface area contributed by atoms with Crippen molar-refractivity contribution in [3.05, 3.63) is 229 Å². The van der Waals surface area contributed by atoms with Crippen LogP contribution >= 0.6 is 0 Å². The predicted octanol–water partition coefficient (Wildman–Crippen LogP) is 17.2. The molecule has 0 spiro atoms. The quantitative estimate of drug-likeness (QED) is 0.161. The van der Waals surface area contributed by atoms with Gasteiger partial charge in [-0.15, -0.1) is 0 Å². The summed E-state index contributed by atoms with van der Waals surface area (Å²) in [4.78, 5) is 0. The fraction of sp³-hybridized carbons (Fsp3) is 0.0968. The van der Waals surface area contributed by atoms with Crippen LogP contribution in [0.25, 0.3) is 77.2 Å². The first-order valence-electron chi connectivity index (χ1n) is 22.3. The van der Waals surface area contributed by atoms with Gasteiger partial charge in [0.2, 0.25) is 0 Å². The summed E-state index contributed by atoms with van der Waals surface area (Å²) < 4.78 is 13.4. The Morgan fingerprint density at radius 2 is 0.641 bits per heavy atom. The molecular weight excluding hydrogens is 777 g/mol. The highest BCUT2D eigenvalue weighted by molar-refractivity contribution is 6.19. The number of para-hydroxylation sites is 4. The molecule has 2 nitrogen and oxygen atoms in total. The summed E-state index contributed by atoms with van der Waals surface area (Å²) in [5.41, 5.74) is 16.2. The Morgan fingerprint density at radius 1 is 0.281 bits per heavy atom. The van der Waals surface area contributed by atoms with Crippen LogP contribution in [0.1, 0.15) is 49.9 Å². The molecule has 0 aromatic heterocycles. The minimum Gasteiger partial charge on any atom is -0.456 e. The third kappa shape index (κ3) is 5.86. The van der Waals surface area contributed by atoms with Gasteiger partial charge in [-0.25, -0.2) is 0 Å². The Morgan fingerprint density at radius 3 is 1.09 bits per heavy atom. The van der Waals surface area contributed by atoms with E-state index in [2.05, 4.69) is 234 Å². The van der Waals surface area contributed by atoms with Crippen molar-refractivity contribution in [3.63, 3.8) is 0 Å². The molecule has 0 unspecified atom stereocenters. The molecule has 0 saturated carbocycles. The normalized spacial score (nSPS) is 14.1. The Bertz CT molecular complexity index is 3250. The number of fused-ring (bicyclic) bond motifs is 6. The molecule has 12 rings (SSSR count). The third-order valence-electron chi connectivity index (χ3n) is 14.0. The van der Waals surface area contributed by atoms with Crippen LogP contribution in [-0.4, -0.2) is 0 Å². The van der Waals surface area contributed by atoms with Gasteiger partial charge in [0.1, 0.15) is 23.0 Å². The van der Waals surface area contributed by atoms with E-state index in [1.807, 2.05) is 0 Å². The third-order valence-corrected chi connectivity index (χ3v) is 14.0. The molecule has 10 aromatic carbocycles. The summed E-state index contributed by atoms with van der Waals surface area (Å²) in [6.45, 7) is 9.17. The molecule has 0 aliphatic carbocycles. The zero-order valence-corrected chi connectivity index (χ0v) is 36.4. The molecule has 2 heteroatoms. The molecule has 0 radical (unpaired) electrons. The highest BCUT2D eigenvalue weighted by Crippen LogP contribution is 2.53. The number of rotatable bonds is 5. The van der Waals surface area contributed by atoms with Gasteiger partial charge < -0.3 is 9.47 Å². The number of ether oxygens (including phenoxy) is 2. The fourth-order valence-corrected chi connectivity index (χ4v) is 10.6. The van der Waals surface area contributed by atoms with Crippen LogP contribution < -0.4 is 9.47 Å². The second-order valence-corrected chi connectivity index (χ2v) is 18.4. The lowest BCUT2D eigenvalue weighted by molar-refractivity contribution is 0.419. The van der Waals surface area contributed by atoms with Gasteiger partial charge in [0, 0.05) is 44.2 Å². The Labute approximate surface area is 375 Å². The van der Waals surface area contributed by atoms with Crippen LogP contribution in [0.15, 0.2) is 206 Å². The van der Waals surface area contributed by atoms with E-state index in [-0.39, 0.29) is 10.8 Å². The molecule has 306 valence electrons. The minimum absolute atomic E-state index is 0.176. The lowest BCUT2D eigenvalue weighted by Gasteiger charge is -2.35. The zero-order valence-electron chi connectivity index (χ0n) is 36.4. The van der Waals surface area contributed by atoms with Gasteiger partial charge in [0.15, 0.2) is 0 Å². The summed E-state index contributed by atoms with van der Waals surface area (Å²) in [6, 6.07) is 74.8. The van der Waals surface area contributed by atoms with Crippen LogP contribution in [-0.2, 0) is 10.8 Å². The topological polar surface area (TPSA) is 18.5 Å². The summed E-state index contributed by atoms with van der Waals surface area (Å²) in [6.07, 6.45) is 0. The first-order chi connectivity index (χ1) is 31.3. The van der Waals surface area contributed by atoms with E-state index >= 15 is 0 Å². The summed E-state index contributed by atoms with van der Waals surface area (Å²) in [5, 5.41) is 4.91. The highest BCUT2D eigenvalue weighted by Gasteiger charge is 2.36. The molecule has 2 aliphatic heterocycles.